The summed E-state index contributed by atoms with van der Waals surface area (Å²) >= 11 is 0. The number of hydrogen-bond donors (Lipinski definition) is 1. The molecule has 8 heteroatoms. The minimum Gasteiger partial charge on any atom is -0.495 e. The molecular formula is C21H28N2O5S. The van der Waals surface area contributed by atoms with E-state index >= 15 is 0 Å². The number of carbonyl (C=O) groups excluding carboxylic acids is 1. The normalized spacial score (nSPS) is 19.0. The Balaban J connectivity index is 1.89. The van der Waals surface area contributed by atoms with Crippen LogP contribution in [-0.2, 0) is 10.0 Å². The molecule has 2 heterocycles. The van der Waals surface area contributed by atoms with Crippen molar-refractivity contribution in [2.24, 2.45) is 0 Å². The van der Waals surface area contributed by atoms with Crippen molar-refractivity contribution in [3.63, 3.8) is 0 Å². The Morgan fingerprint density at radius 3 is 2.66 bits per heavy atom. The average molecular weight is 421 g/mol. The Kier molecular flexibility index (Phi) is 6.33. The molecule has 1 aromatic carbocycles. The van der Waals surface area contributed by atoms with Crippen molar-refractivity contribution in [1.82, 2.24) is 9.62 Å². The maximum atomic E-state index is 13.3. The fourth-order valence-corrected chi connectivity index (χ4v) is 5.49. The minimum atomic E-state index is -3.78. The molecule has 2 aromatic rings. The molecule has 29 heavy (non-hydrogen) atoms. The smallest absolute Gasteiger partial charge is 0.251 e. The van der Waals surface area contributed by atoms with Crippen LogP contribution >= 0.6 is 0 Å². The van der Waals surface area contributed by atoms with Crippen molar-refractivity contribution in [3.8, 4) is 5.75 Å². The molecule has 1 aliphatic rings. The van der Waals surface area contributed by atoms with Crippen molar-refractivity contribution in [3.05, 3.63) is 47.4 Å². The van der Waals surface area contributed by atoms with Gasteiger partial charge in [-0.05, 0) is 63.9 Å². The number of nitrogens with one attached hydrogen (secondary N) is 1. The fraction of sp³-hybridized carbons (Fsp3) is 0.476. The number of carbonyl (C=O) groups is 1. The van der Waals surface area contributed by atoms with Crippen LogP contribution in [0.3, 0.4) is 0 Å². The summed E-state index contributed by atoms with van der Waals surface area (Å²) in [6.07, 6.45) is 2.66. The van der Waals surface area contributed by atoms with Crippen molar-refractivity contribution < 1.29 is 22.4 Å². The maximum Gasteiger partial charge on any atom is 0.251 e. The van der Waals surface area contributed by atoms with Crippen molar-refractivity contribution in [2.45, 2.75) is 57.0 Å². The summed E-state index contributed by atoms with van der Waals surface area (Å²) in [6, 6.07) is 7.69. The molecule has 0 spiro atoms. The molecule has 158 valence electrons. The van der Waals surface area contributed by atoms with Gasteiger partial charge in [-0.15, -0.1) is 0 Å². The topological polar surface area (TPSA) is 88.8 Å². The second-order valence-electron chi connectivity index (χ2n) is 7.47. The highest BCUT2D eigenvalue weighted by Gasteiger charge is 2.33. The fourth-order valence-electron chi connectivity index (χ4n) is 3.61. The molecule has 0 radical (unpaired) electrons. The second kappa shape index (κ2) is 8.59. The van der Waals surface area contributed by atoms with Gasteiger partial charge >= 0.3 is 0 Å². The van der Waals surface area contributed by atoms with Crippen LogP contribution in [0.4, 0.5) is 0 Å². The first-order chi connectivity index (χ1) is 13.7. The van der Waals surface area contributed by atoms with Gasteiger partial charge in [0.2, 0.25) is 10.0 Å². The average Bonchev–Trinajstić information content (AvgIpc) is 3.14. The molecule has 7 nitrogen and oxygen atoms in total. The Labute approximate surface area is 172 Å². The molecule has 1 saturated heterocycles. The van der Waals surface area contributed by atoms with E-state index in [2.05, 4.69) is 5.32 Å². The van der Waals surface area contributed by atoms with E-state index in [1.54, 1.807) is 6.07 Å². The quantitative estimate of drug-likeness (QED) is 0.771. The highest BCUT2D eigenvalue weighted by Crippen LogP contribution is 2.32. The summed E-state index contributed by atoms with van der Waals surface area (Å²) in [7, 11) is -2.35. The molecular weight excluding hydrogens is 392 g/mol. The number of methoxy groups -OCH3 is 1. The number of piperidine rings is 1. The molecule has 1 N–H and O–H groups in total. The third kappa shape index (κ3) is 4.48. The van der Waals surface area contributed by atoms with Crippen LogP contribution in [0.1, 0.15) is 61.0 Å². The number of amides is 1. The van der Waals surface area contributed by atoms with Gasteiger partial charge in [0.15, 0.2) is 0 Å². The summed E-state index contributed by atoms with van der Waals surface area (Å²) < 4.78 is 38.9. The monoisotopic (exact) mass is 420 g/mol. The molecule has 0 saturated carbocycles. The Hall–Kier alpha value is -2.32. The van der Waals surface area contributed by atoms with Gasteiger partial charge in [-0.3, -0.25) is 4.79 Å². The van der Waals surface area contributed by atoms with E-state index in [4.69, 9.17) is 9.15 Å². The highest BCUT2D eigenvalue weighted by molar-refractivity contribution is 7.89. The third-order valence-corrected chi connectivity index (χ3v) is 7.32. The van der Waals surface area contributed by atoms with Crippen LogP contribution < -0.4 is 10.1 Å². The standard InChI is InChI=1S/C21H28N2O5S/c1-14-7-5-6-12-23(14)29(25,26)20-13-17(9-11-19(20)27-4)21(24)22-16(3)18-10-8-15(2)28-18/h8-11,13-14,16H,5-7,12H2,1-4H3,(H,22,24). The van der Waals surface area contributed by atoms with E-state index in [0.29, 0.717) is 12.3 Å². The lowest BCUT2D eigenvalue weighted by Gasteiger charge is -2.32. The summed E-state index contributed by atoms with van der Waals surface area (Å²) in [5.41, 5.74) is 0.254. The molecule has 1 fully saturated rings. The van der Waals surface area contributed by atoms with Crippen molar-refractivity contribution in [2.75, 3.05) is 13.7 Å². The number of sulfonamides is 1. The van der Waals surface area contributed by atoms with Crippen LogP contribution in [-0.4, -0.2) is 38.3 Å². The molecule has 1 aromatic heterocycles. The molecule has 2 unspecified atom stereocenters. The summed E-state index contributed by atoms with van der Waals surface area (Å²) in [6.45, 7) is 6.03. The van der Waals surface area contributed by atoms with Gasteiger partial charge in [-0.2, -0.15) is 4.31 Å². The van der Waals surface area contributed by atoms with Gasteiger partial charge in [-0.25, -0.2) is 8.42 Å². The summed E-state index contributed by atoms with van der Waals surface area (Å²) in [4.78, 5) is 12.8. The predicted molar refractivity (Wildman–Crippen MR) is 110 cm³/mol. The lowest BCUT2D eigenvalue weighted by atomic mass is 10.1. The van der Waals surface area contributed by atoms with Gasteiger partial charge in [0.05, 0.1) is 13.2 Å². The Bertz CT molecular complexity index is 983. The predicted octanol–water partition coefficient (Wildman–Crippen LogP) is 3.65. The van der Waals surface area contributed by atoms with Crippen molar-refractivity contribution in [1.29, 1.82) is 0 Å². The third-order valence-electron chi connectivity index (χ3n) is 5.29. The van der Waals surface area contributed by atoms with E-state index in [1.807, 2.05) is 32.9 Å². The highest BCUT2D eigenvalue weighted by atomic mass is 32.2. The van der Waals surface area contributed by atoms with E-state index < -0.39 is 10.0 Å². The van der Waals surface area contributed by atoms with Gasteiger partial charge in [0, 0.05) is 18.2 Å². The van der Waals surface area contributed by atoms with Gasteiger partial charge in [-0.1, -0.05) is 6.42 Å². The molecule has 1 aliphatic heterocycles. The van der Waals surface area contributed by atoms with Crippen LogP contribution in [0.25, 0.3) is 0 Å². The molecule has 1 amide bonds. The maximum absolute atomic E-state index is 13.3. The number of hydrogen-bond acceptors (Lipinski definition) is 5. The number of furan rings is 1. The van der Waals surface area contributed by atoms with Crippen LogP contribution in [0.15, 0.2) is 39.6 Å². The largest absolute Gasteiger partial charge is 0.495 e. The zero-order valence-electron chi connectivity index (χ0n) is 17.3. The van der Waals surface area contributed by atoms with Gasteiger partial charge < -0.3 is 14.5 Å². The van der Waals surface area contributed by atoms with Crippen LogP contribution in [0.2, 0.25) is 0 Å². The second-order valence-corrected chi connectivity index (χ2v) is 9.33. The van der Waals surface area contributed by atoms with Crippen molar-refractivity contribution >= 4 is 15.9 Å². The van der Waals surface area contributed by atoms with Gasteiger partial charge in [0.1, 0.15) is 22.2 Å². The first-order valence-corrected chi connectivity index (χ1v) is 11.2. The number of aryl methyl sites for hydroxylation is 1. The van der Waals surface area contributed by atoms with E-state index in [1.165, 1.54) is 23.5 Å². The molecule has 3 rings (SSSR count). The lowest BCUT2D eigenvalue weighted by molar-refractivity contribution is 0.0935. The lowest BCUT2D eigenvalue weighted by Crippen LogP contribution is -2.42. The molecule has 2 atom stereocenters. The first-order valence-electron chi connectivity index (χ1n) is 9.81. The Morgan fingerprint density at radius 2 is 2.03 bits per heavy atom. The zero-order valence-corrected chi connectivity index (χ0v) is 18.1. The van der Waals surface area contributed by atoms with E-state index in [-0.39, 0.29) is 34.2 Å². The zero-order chi connectivity index (χ0) is 21.2. The van der Waals surface area contributed by atoms with Crippen LogP contribution in [0, 0.1) is 6.92 Å². The van der Waals surface area contributed by atoms with Gasteiger partial charge in [0.25, 0.3) is 5.91 Å². The van der Waals surface area contributed by atoms with Crippen LogP contribution in [0.5, 0.6) is 5.75 Å². The summed E-state index contributed by atoms with van der Waals surface area (Å²) in [5, 5.41) is 2.85. The molecule has 0 aliphatic carbocycles. The number of nitrogens with zero attached hydrogens (tertiary/aromatic N) is 1. The Morgan fingerprint density at radius 1 is 1.28 bits per heavy atom. The SMILES string of the molecule is COc1ccc(C(=O)NC(C)c2ccc(C)o2)cc1S(=O)(=O)N1CCCCC1C. The first kappa shape index (κ1) is 21.4. The van der Waals surface area contributed by atoms with E-state index in [0.717, 1.165) is 25.0 Å². The van der Waals surface area contributed by atoms with E-state index in [9.17, 15) is 13.2 Å². The minimum absolute atomic E-state index is 0.0166. The summed E-state index contributed by atoms with van der Waals surface area (Å²) in [5.74, 6) is 1.25. The number of rotatable bonds is 6. The number of ether oxygens (including phenoxy) is 1. The number of benzene rings is 1. The molecule has 0 bridgehead atoms.